The zero-order chi connectivity index (χ0) is 12.1. The molecule has 0 unspecified atom stereocenters. The number of aldehydes is 1. The van der Waals surface area contributed by atoms with Crippen LogP contribution in [-0.2, 0) is 16.0 Å². The Bertz CT molecular complexity index is 371. The van der Waals surface area contributed by atoms with Gasteiger partial charge in [-0.2, -0.15) is 0 Å². The summed E-state index contributed by atoms with van der Waals surface area (Å²) in [6, 6.07) is -0.649. The lowest BCUT2D eigenvalue weighted by Crippen LogP contribution is -2.46. The number of nitrogens with zero attached hydrogens (tertiary/aromatic N) is 1. The summed E-state index contributed by atoms with van der Waals surface area (Å²) in [7, 11) is 0. The van der Waals surface area contributed by atoms with E-state index in [0.717, 1.165) is 31.4 Å². The van der Waals surface area contributed by atoms with Crippen LogP contribution in [0, 0.1) is 0 Å². The van der Waals surface area contributed by atoms with E-state index in [4.69, 9.17) is 0 Å². The number of aromatic amines is 1. The topological polar surface area (TPSA) is 86.9 Å². The molecule has 2 heterocycles. The van der Waals surface area contributed by atoms with Gasteiger partial charge >= 0.3 is 0 Å². The summed E-state index contributed by atoms with van der Waals surface area (Å²) < 4.78 is 0. The molecule has 2 rings (SSSR count). The summed E-state index contributed by atoms with van der Waals surface area (Å²) in [6.07, 6.45) is 6.25. The largest absolute Gasteiger partial charge is 0.348 e. The highest BCUT2D eigenvalue weighted by Gasteiger charge is 2.24. The molecule has 1 aliphatic rings. The van der Waals surface area contributed by atoms with Gasteiger partial charge in [-0.1, -0.05) is 0 Å². The normalized spacial score (nSPS) is 21.1. The molecule has 17 heavy (non-hydrogen) atoms. The molecule has 6 nitrogen and oxygen atoms in total. The van der Waals surface area contributed by atoms with Gasteiger partial charge in [-0.3, -0.25) is 4.79 Å². The highest BCUT2D eigenvalue weighted by atomic mass is 16.2. The second-order valence-corrected chi connectivity index (χ2v) is 4.18. The second kappa shape index (κ2) is 5.58. The third kappa shape index (κ3) is 3.13. The monoisotopic (exact) mass is 236 g/mol. The van der Waals surface area contributed by atoms with Crippen LogP contribution in [0.2, 0.25) is 0 Å². The molecule has 1 saturated heterocycles. The first-order valence-electron chi connectivity index (χ1n) is 5.76. The summed E-state index contributed by atoms with van der Waals surface area (Å²) in [6.45, 7) is 0.865. The first-order valence-corrected chi connectivity index (χ1v) is 5.76. The molecule has 0 spiro atoms. The van der Waals surface area contributed by atoms with E-state index < -0.39 is 6.04 Å². The first kappa shape index (κ1) is 11.8. The summed E-state index contributed by atoms with van der Waals surface area (Å²) in [5, 5.41) is 5.83. The van der Waals surface area contributed by atoms with Crippen LogP contribution in [0.25, 0.3) is 0 Å². The molecule has 0 bridgehead atoms. The molecule has 3 N–H and O–H groups in total. The highest BCUT2D eigenvalue weighted by Crippen LogP contribution is 2.05. The van der Waals surface area contributed by atoms with E-state index in [1.807, 2.05) is 0 Å². The lowest BCUT2D eigenvalue weighted by molar-refractivity contribution is -0.125. The van der Waals surface area contributed by atoms with E-state index >= 15 is 0 Å². The molecule has 1 aliphatic heterocycles. The average Bonchev–Trinajstić information content (AvgIpc) is 3.00. The van der Waals surface area contributed by atoms with E-state index in [1.165, 1.54) is 0 Å². The lowest BCUT2D eigenvalue weighted by Gasteiger charge is -2.15. The van der Waals surface area contributed by atoms with Crippen LogP contribution in [0.4, 0.5) is 0 Å². The van der Waals surface area contributed by atoms with Gasteiger partial charge in [-0.15, -0.1) is 0 Å². The minimum absolute atomic E-state index is 0.0980. The van der Waals surface area contributed by atoms with Crippen molar-refractivity contribution < 1.29 is 9.59 Å². The fraction of sp³-hybridized carbons (Fsp3) is 0.545. The molecular weight excluding hydrogens is 220 g/mol. The van der Waals surface area contributed by atoms with Crippen LogP contribution < -0.4 is 10.6 Å². The van der Waals surface area contributed by atoms with Crippen LogP contribution in [0.15, 0.2) is 12.5 Å². The number of hydrogen-bond acceptors (Lipinski definition) is 4. The van der Waals surface area contributed by atoms with Crippen LogP contribution in [0.3, 0.4) is 0 Å². The van der Waals surface area contributed by atoms with Gasteiger partial charge in [0.25, 0.3) is 0 Å². The summed E-state index contributed by atoms with van der Waals surface area (Å²) in [5.74, 6) is -0.0980. The van der Waals surface area contributed by atoms with Gasteiger partial charge in [0, 0.05) is 18.3 Å². The maximum Gasteiger partial charge on any atom is 0.237 e. The third-order valence-electron chi connectivity index (χ3n) is 2.86. The second-order valence-electron chi connectivity index (χ2n) is 4.18. The van der Waals surface area contributed by atoms with Crippen molar-refractivity contribution in [1.82, 2.24) is 20.6 Å². The lowest BCUT2D eigenvalue weighted by atomic mass is 10.1. The van der Waals surface area contributed by atoms with Crippen LogP contribution in [0.5, 0.6) is 0 Å². The number of imidazole rings is 1. The third-order valence-corrected chi connectivity index (χ3v) is 2.86. The standard InChI is InChI=1S/C11H16N4O2/c16-6-9(4-8-5-12-7-14-8)15-11(17)10-2-1-3-13-10/h5-7,9-10,13H,1-4H2,(H,12,14)(H,15,17)/t9-,10-/m0/s1. The van der Waals surface area contributed by atoms with Gasteiger partial charge in [0.2, 0.25) is 5.91 Å². The van der Waals surface area contributed by atoms with E-state index in [0.29, 0.717) is 6.42 Å². The Kier molecular flexibility index (Phi) is 3.87. The molecule has 0 radical (unpaired) electrons. The Balaban J connectivity index is 1.86. The molecule has 0 aromatic carbocycles. The number of aromatic nitrogens is 2. The molecule has 1 aromatic rings. The van der Waals surface area contributed by atoms with Gasteiger partial charge in [0.15, 0.2) is 0 Å². The minimum atomic E-state index is -0.495. The van der Waals surface area contributed by atoms with Gasteiger partial charge in [0.05, 0.1) is 18.4 Å². The van der Waals surface area contributed by atoms with Crippen molar-refractivity contribution in [1.29, 1.82) is 0 Å². The van der Waals surface area contributed by atoms with E-state index in [9.17, 15) is 9.59 Å². The van der Waals surface area contributed by atoms with Gasteiger partial charge < -0.3 is 20.4 Å². The number of nitrogens with one attached hydrogen (secondary N) is 3. The summed E-state index contributed by atoms with van der Waals surface area (Å²) in [4.78, 5) is 29.5. The van der Waals surface area contributed by atoms with Gasteiger partial charge in [-0.25, -0.2) is 4.98 Å². The smallest absolute Gasteiger partial charge is 0.237 e. The van der Waals surface area contributed by atoms with E-state index in [2.05, 4.69) is 20.6 Å². The number of H-pyrrole nitrogens is 1. The van der Waals surface area contributed by atoms with Crippen molar-refractivity contribution in [3.05, 3.63) is 18.2 Å². The van der Waals surface area contributed by atoms with Crippen molar-refractivity contribution >= 4 is 12.2 Å². The number of hydrogen-bond donors (Lipinski definition) is 3. The number of rotatable bonds is 5. The maximum absolute atomic E-state index is 11.8. The Morgan fingerprint density at radius 2 is 2.59 bits per heavy atom. The maximum atomic E-state index is 11.8. The van der Waals surface area contributed by atoms with Gasteiger partial charge in [-0.05, 0) is 19.4 Å². The highest BCUT2D eigenvalue weighted by molar-refractivity contribution is 5.84. The quantitative estimate of drug-likeness (QED) is 0.595. The summed E-state index contributed by atoms with van der Waals surface area (Å²) >= 11 is 0. The van der Waals surface area contributed by atoms with Crippen molar-refractivity contribution in [2.24, 2.45) is 0 Å². The zero-order valence-corrected chi connectivity index (χ0v) is 9.48. The number of carbonyl (C=O) groups excluding carboxylic acids is 2. The minimum Gasteiger partial charge on any atom is -0.348 e. The fourth-order valence-corrected chi connectivity index (χ4v) is 1.96. The van der Waals surface area contributed by atoms with Crippen LogP contribution in [-0.4, -0.2) is 40.8 Å². The predicted molar refractivity (Wildman–Crippen MR) is 61.3 cm³/mol. The van der Waals surface area contributed by atoms with Crippen molar-refractivity contribution in [2.75, 3.05) is 6.54 Å². The van der Waals surface area contributed by atoms with Crippen molar-refractivity contribution in [3.8, 4) is 0 Å². The Morgan fingerprint density at radius 3 is 3.18 bits per heavy atom. The zero-order valence-electron chi connectivity index (χ0n) is 9.48. The van der Waals surface area contributed by atoms with Gasteiger partial charge in [0.1, 0.15) is 6.29 Å². The predicted octanol–water partition coefficient (Wildman–Crippen LogP) is -0.612. The number of amides is 1. The Labute approximate surface area is 99.2 Å². The molecule has 1 fully saturated rings. The molecule has 1 aromatic heterocycles. The van der Waals surface area contributed by atoms with Crippen molar-refractivity contribution in [2.45, 2.75) is 31.3 Å². The average molecular weight is 236 g/mol. The number of carbonyl (C=O) groups is 2. The molecule has 2 atom stereocenters. The molecule has 0 aliphatic carbocycles. The molecule has 92 valence electrons. The van der Waals surface area contributed by atoms with Crippen LogP contribution >= 0.6 is 0 Å². The summed E-state index contributed by atoms with van der Waals surface area (Å²) in [5.41, 5.74) is 0.835. The van der Waals surface area contributed by atoms with Crippen LogP contribution in [0.1, 0.15) is 18.5 Å². The van der Waals surface area contributed by atoms with E-state index in [-0.39, 0.29) is 11.9 Å². The Hall–Kier alpha value is -1.69. The first-order chi connectivity index (χ1) is 8.29. The fourth-order valence-electron chi connectivity index (χ4n) is 1.96. The molecule has 0 saturated carbocycles. The molecule has 1 amide bonds. The van der Waals surface area contributed by atoms with Crippen molar-refractivity contribution in [3.63, 3.8) is 0 Å². The van der Waals surface area contributed by atoms with E-state index in [1.54, 1.807) is 12.5 Å². The molecular formula is C11H16N4O2. The SMILES string of the molecule is O=C[C@H](Cc1cnc[nH]1)NC(=O)[C@@H]1CCCN1. The Morgan fingerprint density at radius 1 is 1.71 bits per heavy atom. The molecule has 6 heteroatoms.